The summed E-state index contributed by atoms with van der Waals surface area (Å²) in [6.45, 7) is 0.526. The average Bonchev–Trinajstić information content (AvgIpc) is 2.15. The summed E-state index contributed by atoms with van der Waals surface area (Å²) in [6, 6.07) is 7.60. The monoisotopic (exact) mass is 195 g/mol. The fraction of sp³-hybridized carbons (Fsp3) is 0.100. The lowest BCUT2D eigenvalue weighted by atomic mass is 10.1. The van der Waals surface area contributed by atoms with Gasteiger partial charge in [-0.05, 0) is 28.8 Å². The molecule has 1 aromatic rings. The second-order valence-corrected chi connectivity index (χ2v) is 2.96. The van der Waals surface area contributed by atoms with Crippen LogP contribution in [-0.4, -0.2) is 5.24 Å². The van der Waals surface area contributed by atoms with E-state index < -0.39 is 5.24 Å². The first-order valence-corrected chi connectivity index (χ1v) is 4.26. The first-order chi connectivity index (χ1) is 6.22. The molecule has 0 heterocycles. The van der Waals surface area contributed by atoms with Crippen LogP contribution < -0.4 is 5.73 Å². The molecule has 68 valence electrons. The van der Waals surface area contributed by atoms with Gasteiger partial charge in [-0.1, -0.05) is 30.3 Å². The fourth-order valence-corrected chi connectivity index (χ4v) is 0.990. The summed E-state index contributed by atoms with van der Waals surface area (Å²) in [5, 5.41) is -0.470. The number of hydrogen-bond acceptors (Lipinski definition) is 2. The lowest BCUT2D eigenvalue weighted by Gasteiger charge is -1.96. The summed E-state index contributed by atoms with van der Waals surface area (Å²) < 4.78 is 0. The minimum Gasteiger partial charge on any atom is -0.326 e. The second kappa shape index (κ2) is 4.80. The largest absolute Gasteiger partial charge is 0.326 e. The Balaban J connectivity index is 2.75. The summed E-state index contributed by atoms with van der Waals surface area (Å²) >= 11 is 5.14. The van der Waals surface area contributed by atoms with E-state index in [1.54, 1.807) is 6.08 Å². The van der Waals surface area contributed by atoms with Gasteiger partial charge in [0.15, 0.2) is 0 Å². The summed E-state index contributed by atoms with van der Waals surface area (Å²) in [7, 11) is 0. The Morgan fingerprint density at radius 3 is 2.46 bits per heavy atom. The number of halogens is 1. The van der Waals surface area contributed by atoms with E-state index in [2.05, 4.69) is 0 Å². The number of rotatable bonds is 3. The molecule has 0 spiro atoms. The van der Waals surface area contributed by atoms with Gasteiger partial charge in [0.2, 0.25) is 5.24 Å². The third-order valence-corrected chi connectivity index (χ3v) is 1.75. The molecule has 0 saturated carbocycles. The highest BCUT2D eigenvalue weighted by Crippen LogP contribution is 2.05. The van der Waals surface area contributed by atoms with E-state index in [4.69, 9.17) is 17.3 Å². The van der Waals surface area contributed by atoms with Crippen molar-refractivity contribution in [2.24, 2.45) is 5.73 Å². The topological polar surface area (TPSA) is 43.1 Å². The Morgan fingerprint density at radius 2 is 2.00 bits per heavy atom. The molecule has 0 aliphatic rings. The van der Waals surface area contributed by atoms with Gasteiger partial charge in [0.1, 0.15) is 0 Å². The van der Waals surface area contributed by atoms with Gasteiger partial charge >= 0.3 is 0 Å². The molecule has 0 aliphatic heterocycles. The van der Waals surface area contributed by atoms with Crippen LogP contribution in [0.25, 0.3) is 6.08 Å². The molecule has 0 radical (unpaired) electrons. The van der Waals surface area contributed by atoms with Crippen molar-refractivity contribution in [3.8, 4) is 0 Å². The van der Waals surface area contributed by atoms with Gasteiger partial charge in [0, 0.05) is 6.54 Å². The fourth-order valence-electron chi connectivity index (χ4n) is 0.927. The molecule has 1 rings (SSSR count). The zero-order valence-electron chi connectivity index (χ0n) is 7.03. The molecular formula is C10H10ClNO. The summed E-state index contributed by atoms with van der Waals surface area (Å²) in [6.07, 6.45) is 2.98. The van der Waals surface area contributed by atoms with E-state index in [1.165, 1.54) is 6.08 Å². The Labute approximate surface area is 82.0 Å². The van der Waals surface area contributed by atoms with Crippen LogP contribution in [0.15, 0.2) is 30.3 Å². The first kappa shape index (κ1) is 9.96. The molecule has 0 aliphatic carbocycles. The molecule has 3 heteroatoms. The highest BCUT2D eigenvalue weighted by Gasteiger charge is 1.90. The second-order valence-electron chi connectivity index (χ2n) is 2.58. The molecular weight excluding hydrogens is 186 g/mol. The highest BCUT2D eigenvalue weighted by atomic mass is 35.5. The van der Waals surface area contributed by atoms with Crippen molar-refractivity contribution in [2.45, 2.75) is 6.54 Å². The van der Waals surface area contributed by atoms with Crippen molar-refractivity contribution in [3.63, 3.8) is 0 Å². The zero-order valence-corrected chi connectivity index (χ0v) is 7.79. The maximum absolute atomic E-state index is 10.4. The van der Waals surface area contributed by atoms with Crippen molar-refractivity contribution in [1.82, 2.24) is 0 Å². The Hall–Kier alpha value is -1.12. The van der Waals surface area contributed by atoms with E-state index in [-0.39, 0.29) is 0 Å². The zero-order chi connectivity index (χ0) is 9.68. The molecule has 0 aromatic heterocycles. The van der Waals surface area contributed by atoms with Crippen LogP contribution in [0.2, 0.25) is 0 Å². The van der Waals surface area contributed by atoms with Crippen molar-refractivity contribution >= 4 is 22.9 Å². The number of benzene rings is 1. The molecule has 0 fully saturated rings. The first-order valence-electron chi connectivity index (χ1n) is 3.89. The SMILES string of the molecule is NCc1ccc(C=CC(=O)Cl)cc1. The minimum absolute atomic E-state index is 0.470. The highest BCUT2D eigenvalue weighted by molar-refractivity contribution is 6.66. The summed E-state index contributed by atoms with van der Waals surface area (Å²) in [4.78, 5) is 10.4. The van der Waals surface area contributed by atoms with Gasteiger partial charge in [-0.2, -0.15) is 0 Å². The molecule has 0 amide bonds. The average molecular weight is 196 g/mol. The van der Waals surface area contributed by atoms with Crippen LogP contribution in [0.1, 0.15) is 11.1 Å². The molecule has 2 nitrogen and oxygen atoms in total. The Bertz CT molecular complexity index is 316. The van der Waals surface area contributed by atoms with E-state index in [1.807, 2.05) is 24.3 Å². The van der Waals surface area contributed by atoms with Crippen molar-refractivity contribution in [2.75, 3.05) is 0 Å². The van der Waals surface area contributed by atoms with Gasteiger partial charge in [-0.15, -0.1) is 0 Å². The van der Waals surface area contributed by atoms with Gasteiger partial charge in [0.05, 0.1) is 0 Å². The standard InChI is InChI=1S/C10H10ClNO/c11-10(13)6-5-8-1-3-9(7-12)4-2-8/h1-6H,7,12H2. The minimum atomic E-state index is -0.470. The summed E-state index contributed by atoms with van der Waals surface area (Å²) in [5.41, 5.74) is 7.43. The van der Waals surface area contributed by atoms with Crippen molar-refractivity contribution in [1.29, 1.82) is 0 Å². The smallest absolute Gasteiger partial charge is 0.245 e. The van der Waals surface area contributed by atoms with Crippen LogP contribution in [0, 0.1) is 0 Å². The van der Waals surface area contributed by atoms with Crippen LogP contribution in [0.3, 0.4) is 0 Å². The number of hydrogen-bond donors (Lipinski definition) is 1. The maximum Gasteiger partial charge on any atom is 0.245 e. The van der Waals surface area contributed by atoms with Crippen LogP contribution in [0.4, 0.5) is 0 Å². The Morgan fingerprint density at radius 1 is 1.38 bits per heavy atom. The number of allylic oxidation sites excluding steroid dienone is 1. The van der Waals surface area contributed by atoms with E-state index in [0.717, 1.165) is 11.1 Å². The van der Waals surface area contributed by atoms with Gasteiger partial charge in [-0.25, -0.2) is 0 Å². The van der Waals surface area contributed by atoms with Gasteiger partial charge < -0.3 is 5.73 Å². The van der Waals surface area contributed by atoms with E-state index in [9.17, 15) is 4.79 Å². The summed E-state index contributed by atoms with van der Waals surface area (Å²) in [5.74, 6) is 0. The van der Waals surface area contributed by atoms with Gasteiger partial charge in [0.25, 0.3) is 0 Å². The van der Waals surface area contributed by atoms with E-state index >= 15 is 0 Å². The lowest BCUT2D eigenvalue weighted by Crippen LogP contribution is -1.95. The van der Waals surface area contributed by atoms with Crippen molar-refractivity contribution < 1.29 is 4.79 Å². The number of nitrogens with two attached hydrogens (primary N) is 1. The number of carbonyl (C=O) groups excluding carboxylic acids is 1. The van der Waals surface area contributed by atoms with E-state index in [0.29, 0.717) is 6.54 Å². The van der Waals surface area contributed by atoms with Crippen LogP contribution in [-0.2, 0) is 11.3 Å². The van der Waals surface area contributed by atoms with Gasteiger partial charge in [-0.3, -0.25) is 4.79 Å². The molecule has 0 bridgehead atoms. The van der Waals surface area contributed by atoms with Crippen LogP contribution >= 0.6 is 11.6 Å². The maximum atomic E-state index is 10.4. The lowest BCUT2D eigenvalue weighted by molar-refractivity contribution is -0.107. The van der Waals surface area contributed by atoms with Crippen molar-refractivity contribution in [3.05, 3.63) is 41.5 Å². The van der Waals surface area contributed by atoms with Crippen LogP contribution in [0.5, 0.6) is 0 Å². The molecule has 1 aromatic carbocycles. The predicted octanol–water partition coefficient (Wildman–Crippen LogP) is 1.92. The third-order valence-electron chi connectivity index (χ3n) is 1.62. The molecule has 0 atom stereocenters. The number of carbonyl (C=O) groups is 1. The predicted molar refractivity (Wildman–Crippen MR) is 54.2 cm³/mol. The normalized spacial score (nSPS) is 10.6. The third kappa shape index (κ3) is 3.40. The quantitative estimate of drug-likeness (QED) is 0.592. The molecule has 0 unspecified atom stereocenters. The molecule has 13 heavy (non-hydrogen) atoms. The Kier molecular flexibility index (Phi) is 3.68. The molecule has 0 saturated heterocycles. The molecule has 2 N–H and O–H groups in total.